The molecule has 0 fully saturated rings. The van der Waals surface area contributed by atoms with Gasteiger partial charge in [-0.05, 0) is 30.8 Å². The van der Waals surface area contributed by atoms with Gasteiger partial charge < -0.3 is 10.1 Å². The Morgan fingerprint density at radius 1 is 1.31 bits per heavy atom. The van der Waals surface area contributed by atoms with Gasteiger partial charge in [0.05, 0.1) is 34.7 Å². The molecule has 26 heavy (non-hydrogen) atoms. The topological polar surface area (TPSA) is 84.7 Å². The van der Waals surface area contributed by atoms with Crippen LogP contribution < -0.4 is 10.1 Å². The zero-order valence-corrected chi connectivity index (χ0v) is 15.7. The number of benzene rings is 2. The van der Waals surface area contributed by atoms with Gasteiger partial charge in [0.2, 0.25) is 5.91 Å². The molecule has 0 saturated heterocycles. The summed E-state index contributed by atoms with van der Waals surface area (Å²) in [6.45, 7) is 0.420. The predicted molar refractivity (Wildman–Crippen MR) is 101 cm³/mol. The average molecular weight is 398 g/mol. The van der Waals surface area contributed by atoms with Crippen LogP contribution in [0.2, 0.25) is 10.0 Å². The lowest BCUT2D eigenvalue weighted by molar-refractivity contribution is -0.384. The Balaban J connectivity index is 2.04. The quantitative estimate of drug-likeness (QED) is 0.563. The highest BCUT2D eigenvalue weighted by Crippen LogP contribution is 2.29. The number of carbonyl (C=O) groups excluding carboxylic acids is 1. The van der Waals surface area contributed by atoms with E-state index >= 15 is 0 Å². The van der Waals surface area contributed by atoms with Gasteiger partial charge in [-0.2, -0.15) is 0 Å². The molecule has 0 unspecified atom stereocenters. The standard InChI is InChI=1S/C17H17Cl2N3O4/c1-21(9-11-4-3-5-13(18)17(11)19)10-16(23)20-14-7-6-12(26-2)8-15(14)22(24)25/h3-8H,9-10H2,1-2H3,(H,20,23). The summed E-state index contributed by atoms with van der Waals surface area (Å²) in [7, 11) is 3.15. The summed E-state index contributed by atoms with van der Waals surface area (Å²) in [5, 5.41) is 14.6. The minimum absolute atomic E-state index is 0.0199. The van der Waals surface area contributed by atoms with Crippen LogP contribution >= 0.6 is 23.2 Å². The highest BCUT2D eigenvalue weighted by atomic mass is 35.5. The zero-order chi connectivity index (χ0) is 19.3. The predicted octanol–water partition coefficient (Wildman–Crippen LogP) is 3.98. The number of rotatable bonds is 7. The number of hydrogen-bond donors (Lipinski definition) is 1. The monoisotopic (exact) mass is 397 g/mol. The van der Waals surface area contributed by atoms with E-state index in [4.69, 9.17) is 27.9 Å². The molecule has 7 nitrogen and oxygen atoms in total. The zero-order valence-electron chi connectivity index (χ0n) is 14.2. The first kappa shape index (κ1) is 20.0. The van der Waals surface area contributed by atoms with E-state index in [9.17, 15) is 14.9 Å². The second kappa shape index (κ2) is 8.84. The number of nitro benzene ring substituents is 1. The Labute approximate surface area is 160 Å². The molecular weight excluding hydrogens is 381 g/mol. The number of nitrogens with one attached hydrogen (secondary N) is 1. The number of carbonyl (C=O) groups is 1. The number of ether oxygens (including phenoxy) is 1. The summed E-state index contributed by atoms with van der Waals surface area (Å²) < 4.78 is 4.97. The molecule has 138 valence electrons. The maximum atomic E-state index is 12.2. The van der Waals surface area contributed by atoms with Crippen molar-refractivity contribution in [2.24, 2.45) is 0 Å². The SMILES string of the molecule is COc1ccc(NC(=O)CN(C)Cc2cccc(Cl)c2Cl)c([N+](=O)[O-])c1. The van der Waals surface area contributed by atoms with Gasteiger partial charge in [0.1, 0.15) is 11.4 Å². The molecule has 0 saturated carbocycles. The summed E-state index contributed by atoms with van der Waals surface area (Å²) in [5.74, 6) is -0.0543. The molecule has 1 amide bonds. The van der Waals surface area contributed by atoms with Crippen molar-refractivity contribution in [2.75, 3.05) is 26.0 Å². The molecule has 0 aliphatic rings. The van der Waals surface area contributed by atoms with Crippen LogP contribution in [0, 0.1) is 10.1 Å². The molecule has 2 aromatic carbocycles. The van der Waals surface area contributed by atoms with E-state index in [0.717, 1.165) is 5.56 Å². The molecule has 1 N–H and O–H groups in total. The lowest BCUT2D eigenvalue weighted by Crippen LogP contribution is -2.30. The van der Waals surface area contributed by atoms with Gasteiger partial charge in [0, 0.05) is 6.54 Å². The maximum Gasteiger partial charge on any atom is 0.296 e. The van der Waals surface area contributed by atoms with Crippen LogP contribution in [0.1, 0.15) is 5.56 Å². The second-order valence-corrected chi connectivity index (χ2v) is 6.36. The average Bonchev–Trinajstić information content (AvgIpc) is 2.59. The first-order valence-corrected chi connectivity index (χ1v) is 8.31. The fraction of sp³-hybridized carbons (Fsp3) is 0.235. The molecule has 0 bridgehead atoms. The summed E-state index contributed by atoms with van der Waals surface area (Å²) in [4.78, 5) is 24.5. The number of likely N-dealkylation sites (N-methyl/N-ethyl adjacent to an activating group) is 1. The van der Waals surface area contributed by atoms with Crippen molar-refractivity contribution in [3.63, 3.8) is 0 Å². The van der Waals surface area contributed by atoms with Crippen molar-refractivity contribution in [1.82, 2.24) is 4.90 Å². The number of anilines is 1. The molecule has 2 rings (SSSR count). The Bertz CT molecular complexity index is 830. The van der Waals surface area contributed by atoms with Crippen molar-refractivity contribution in [2.45, 2.75) is 6.54 Å². The lowest BCUT2D eigenvalue weighted by Gasteiger charge is -2.17. The third-order valence-corrected chi connectivity index (χ3v) is 4.42. The number of nitro groups is 1. The maximum absolute atomic E-state index is 12.2. The third kappa shape index (κ3) is 5.08. The van der Waals surface area contributed by atoms with Gasteiger partial charge in [0.15, 0.2) is 0 Å². The van der Waals surface area contributed by atoms with Crippen molar-refractivity contribution in [1.29, 1.82) is 0 Å². The van der Waals surface area contributed by atoms with Crippen LogP contribution in [-0.2, 0) is 11.3 Å². The van der Waals surface area contributed by atoms with Gasteiger partial charge in [-0.25, -0.2) is 0 Å². The van der Waals surface area contributed by atoms with Crippen LogP contribution in [-0.4, -0.2) is 36.4 Å². The highest BCUT2D eigenvalue weighted by molar-refractivity contribution is 6.42. The highest BCUT2D eigenvalue weighted by Gasteiger charge is 2.18. The van der Waals surface area contributed by atoms with Gasteiger partial charge in [0.25, 0.3) is 5.69 Å². The minimum atomic E-state index is -0.576. The first-order chi connectivity index (χ1) is 12.3. The van der Waals surface area contributed by atoms with E-state index in [1.165, 1.54) is 25.3 Å². The van der Waals surface area contributed by atoms with E-state index in [0.29, 0.717) is 22.3 Å². The van der Waals surface area contributed by atoms with E-state index in [-0.39, 0.29) is 23.8 Å². The van der Waals surface area contributed by atoms with E-state index in [1.54, 1.807) is 24.1 Å². The Hall–Kier alpha value is -2.35. The van der Waals surface area contributed by atoms with Crippen LogP contribution in [0.3, 0.4) is 0 Å². The van der Waals surface area contributed by atoms with E-state index < -0.39 is 4.92 Å². The summed E-state index contributed by atoms with van der Waals surface area (Å²) >= 11 is 12.1. The third-order valence-electron chi connectivity index (χ3n) is 3.56. The normalized spacial score (nSPS) is 10.7. The number of methoxy groups -OCH3 is 1. The number of amides is 1. The van der Waals surface area contributed by atoms with E-state index in [2.05, 4.69) is 5.32 Å². The largest absolute Gasteiger partial charge is 0.496 e. The van der Waals surface area contributed by atoms with Gasteiger partial charge >= 0.3 is 0 Å². The fourth-order valence-electron chi connectivity index (χ4n) is 2.35. The Morgan fingerprint density at radius 3 is 2.69 bits per heavy atom. The van der Waals surface area contributed by atoms with Gasteiger partial charge in [-0.1, -0.05) is 35.3 Å². The molecule has 0 aliphatic heterocycles. The van der Waals surface area contributed by atoms with Crippen molar-refractivity contribution in [3.8, 4) is 5.75 Å². The fourth-order valence-corrected chi connectivity index (χ4v) is 2.73. The van der Waals surface area contributed by atoms with Crippen molar-refractivity contribution >= 4 is 40.5 Å². The lowest BCUT2D eigenvalue weighted by atomic mass is 10.2. The molecule has 0 aromatic heterocycles. The molecule has 0 spiro atoms. The van der Waals surface area contributed by atoms with Crippen molar-refractivity contribution < 1.29 is 14.5 Å². The smallest absolute Gasteiger partial charge is 0.296 e. The summed E-state index contributed by atoms with van der Waals surface area (Å²) in [5.41, 5.74) is 0.651. The van der Waals surface area contributed by atoms with Gasteiger partial charge in [-0.15, -0.1) is 0 Å². The second-order valence-electron chi connectivity index (χ2n) is 5.57. The minimum Gasteiger partial charge on any atom is -0.496 e. The van der Waals surface area contributed by atoms with Crippen molar-refractivity contribution in [3.05, 3.63) is 62.1 Å². The van der Waals surface area contributed by atoms with E-state index in [1.807, 2.05) is 6.07 Å². The van der Waals surface area contributed by atoms with Crippen LogP contribution in [0.15, 0.2) is 36.4 Å². The summed E-state index contributed by atoms with van der Waals surface area (Å²) in [6.07, 6.45) is 0. The molecule has 0 atom stereocenters. The van der Waals surface area contributed by atoms with Gasteiger partial charge in [-0.3, -0.25) is 19.8 Å². The molecular formula is C17H17Cl2N3O4. The Morgan fingerprint density at radius 2 is 2.04 bits per heavy atom. The molecule has 2 aromatic rings. The Kier molecular flexibility index (Phi) is 6.79. The van der Waals surface area contributed by atoms with Crippen LogP contribution in [0.25, 0.3) is 0 Å². The molecule has 0 aliphatic carbocycles. The van der Waals surface area contributed by atoms with Crippen LogP contribution in [0.4, 0.5) is 11.4 Å². The number of halogens is 2. The summed E-state index contributed by atoms with van der Waals surface area (Å²) in [6, 6.07) is 9.50. The first-order valence-electron chi connectivity index (χ1n) is 7.55. The molecule has 0 heterocycles. The molecule has 0 radical (unpaired) electrons. The molecule has 9 heteroatoms. The number of hydrogen-bond acceptors (Lipinski definition) is 5. The van der Waals surface area contributed by atoms with Crippen LogP contribution in [0.5, 0.6) is 5.75 Å². The number of nitrogens with zero attached hydrogens (tertiary/aromatic N) is 2.